The van der Waals surface area contributed by atoms with Crippen LogP contribution in [-0.4, -0.2) is 40.9 Å². The van der Waals surface area contributed by atoms with E-state index in [1.54, 1.807) is 0 Å². The fourth-order valence-electron chi connectivity index (χ4n) is 3.14. The SMILES string of the molecule is [2H]c1c([2H])c(NC)c(C([2H])([2H])[2H])c([2H])c1Cc1c([2H])c([2H])c(NC(=O)c2cc(C(C)=O)c(C(=O)O)cc2C(=O)O)c(C([2H])([2H])[2H])c1[2H]. The zero-order valence-electron chi connectivity index (χ0n) is 30.4. The van der Waals surface area contributed by atoms with Gasteiger partial charge in [-0.05, 0) is 73.5 Å². The summed E-state index contributed by atoms with van der Waals surface area (Å²) in [5, 5.41) is 23.6. The number of ketones is 1. The first-order valence-electron chi connectivity index (χ1n) is 15.9. The Balaban J connectivity index is 2.32. The minimum atomic E-state index is -3.28. The molecular weight excluding hydrogens is 448 g/mol. The minimum Gasteiger partial charge on any atom is -0.478 e. The van der Waals surface area contributed by atoms with E-state index in [4.69, 9.17) is 16.4 Å². The predicted octanol–water partition coefficient (Wildman–Crippen LogP) is 4.79. The zero-order valence-corrected chi connectivity index (χ0v) is 18.4. The first-order valence-corrected chi connectivity index (χ1v) is 9.88. The maximum atomic E-state index is 13.4. The molecule has 3 aromatic carbocycles. The summed E-state index contributed by atoms with van der Waals surface area (Å²) < 4.78 is 98.6. The van der Waals surface area contributed by atoms with Crippen molar-refractivity contribution in [3.05, 3.63) is 92.9 Å². The van der Waals surface area contributed by atoms with Crippen LogP contribution in [0.1, 0.15) is 87.1 Å². The van der Waals surface area contributed by atoms with E-state index in [2.05, 4.69) is 5.32 Å². The van der Waals surface area contributed by atoms with E-state index in [9.17, 15) is 29.4 Å². The zero-order chi connectivity index (χ0) is 36.1. The Morgan fingerprint density at radius 3 is 1.86 bits per heavy atom. The highest BCUT2D eigenvalue weighted by atomic mass is 16.4. The largest absolute Gasteiger partial charge is 0.478 e. The first kappa shape index (κ1) is 13.4. The quantitative estimate of drug-likeness (QED) is 0.337. The van der Waals surface area contributed by atoms with Gasteiger partial charge in [0.25, 0.3) is 5.91 Å². The molecule has 4 N–H and O–H groups in total. The molecular formula is C27H26N2O6. The molecule has 0 aliphatic heterocycles. The van der Waals surface area contributed by atoms with Crippen LogP contribution in [0.15, 0.2) is 48.4 Å². The molecule has 0 aromatic heterocycles. The molecule has 0 atom stereocenters. The van der Waals surface area contributed by atoms with Gasteiger partial charge in [-0.25, -0.2) is 9.59 Å². The number of aromatic carboxylic acids is 2. The molecule has 0 fully saturated rings. The molecule has 1 amide bonds. The van der Waals surface area contributed by atoms with Crippen molar-refractivity contribution in [1.82, 2.24) is 0 Å². The first-order chi connectivity index (χ1) is 21.5. The second kappa shape index (κ2) is 10.2. The minimum absolute atomic E-state index is 0.326. The van der Waals surface area contributed by atoms with Gasteiger partial charge in [-0.3, -0.25) is 9.59 Å². The monoisotopic (exact) mass is 486 g/mol. The third-order valence-corrected chi connectivity index (χ3v) is 4.81. The van der Waals surface area contributed by atoms with E-state index < -0.39 is 130 Å². The van der Waals surface area contributed by atoms with Crippen molar-refractivity contribution in [2.45, 2.75) is 27.0 Å². The Kier molecular flexibility index (Phi) is 3.92. The van der Waals surface area contributed by atoms with Crippen LogP contribution in [0.3, 0.4) is 0 Å². The van der Waals surface area contributed by atoms with Crippen LogP contribution in [0.2, 0.25) is 0 Å². The van der Waals surface area contributed by atoms with Crippen molar-refractivity contribution < 1.29 is 45.8 Å². The highest BCUT2D eigenvalue weighted by molar-refractivity contribution is 6.15. The number of hydrogen-bond acceptors (Lipinski definition) is 5. The lowest BCUT2D eigenvalue weighted by molar-refractivity contribution is 0.0690. The highest BCUT2D eigenvalue weighted by Crippen LogP contribution is 2.24. The average molecular weight is 487 g/mol. The summed E-state index contributed by atoms with van der Waals surface area (Å²) in [5.74, 6) is -5.74. The smallest absolute Gasteiger partial charge is 0.336 e. The van der Waals surface area contributed by atoms with E-state index in [0.717, 1.165) is 6.92 Å². The topological polar surface area (TPSA) is 133 Å². The molecule has 0 aliphatic carbocycles. The van der Waals surface area contributed by atoms with Gasteiger partial charge in [0.2, 0.25) is 0 Å². The van der Waals surface area contributed by atoms with Crippen LogP contribution in [0.4, 0.5) is 11.4 Å². The molecule has 0 saturated heterocycles. The average Bonchev–Trinajstić information content (AvgIpc) is 2.94. The van der Waals surface area contributed by atoms with E-state index in [1.165, 1.54) is 7.05 Å². The molecule has 0 unspecified atom stereocenters. The van der Waals surface area contributed by atoms with Gasteiger partial charge in [0.1, 0.15) is 0 Å². The number of amides is 1. The van der Waals surface area contributed by atoms with Crippen molar-refractivity contribution in [2.24, 2.45) is 0 Å². The number of anilines is 2. The fourth-order valence-corrected chi connectivity index (χ4v) is 3.14. The second-order valence-electron chi connectivity index (χ2n) is 7.20. The number of benzene rings is 3. The van der Waals surface area contributed by atoms with Gasteiger partial charge in [-0.1, -0.05) is 24.2 Å². The van der Waals surface area contributed by atoms with Crippen LogP contribution >= 0.6 is 0 Å². The van der Waals surface area contributed by atoms with Crippen LogP contribution in [-0.2, 0) is 6.42 Å². The number of carboxylic acid groups (broad SMARTS) is 2. The van der Waals surface area contributed by atoms with Crippen molar-refractivity contribution in [2.75, 3.05) is 17.7 Å². The number of hydrogen-bond donors (Lipinski definition) is 4. The van der Waals surface area contributed by atoms with E-state index in [-0.39, 0.29) is 5.69 Å². The molecule has 180 valence electrons. The summed E-state index contributed by atoms with van der Waals surface area (Å²) in [5.41, 5.74) is -6.85. The van der Waals surface area contributed by atoms with Crippen molar-refractivity contribution in [3.8, 4) is 0 Å². The summed E-state index contributed by atoms with van der Waals surface area (Å²) in [6.45, 7) is -5.27. The fraction of sp³-hybridized carbons (Fsp3) is 0.185. The van der Waals surface area contributed by atoms with E-state index in [0.29, 0.717) is 12.1 Å². The van der Waals surface area contributed by atoms with Gasteiger partial charge >= 0.3 is 11.9 Å². The Hall–Kier alpha value is -4.46. The molecule has 0 radical (unpaired) electrons. The standard InChI is InChI=1S/C27H26N2O6/c1-14-9-17(5-7-23(14)28-4)11-18-6-8-24(15(2)10-18)29-25(31)20-12-19(16(3)30)21(26(32)33)13-22(20)27(34)35/h5-10,12-13,28H,11H2,1-4H3,(H,29,31)(H,32,33)(H,34,35)/i1D3,2D3,5D,6D,7D,8D,9D,10D. The van der Waals surface area contributed by atoms with Gasteiger partial charge in [-0.2, -0.15) is 0 Å². The number of nitrogens with one attached hydrogen (secondary N) is 2. The van der Waals surface area contributed by atoms with Gasteiger partial charge in [0.05, 0.1) is 24.9 Å². The summed E-state index contributed by atoms with van der Waals surface area (Å²) in [6, 6.07) is -3.61. The second-order valence-corrected chi connectivity index (χ2v) is 7.20. The van der Waals surface area contributed by atoms with Gasteiger partial charge in [-0.15, -0.1) is 0 Å². The van der Waals surface area contributed by atoms with Crippen LogP contribution in [0.5, 0.6) is 0 Å². The Bertz CT molecular complexity index is 1870. The molecule has 8 nitrogen and oxygen atoms in total. The molecule has 35 heavy (non-hydrogen) atoms. The maximum absolute atomic E-state index is 13.4. The number of carbonyl (C=O) groups excluding carboxylic acids is 2. The van der Waals surface area contributed by atoms with Gasteiger partial charge in [0, 0.05) is 32.2 Å². The van der Waals surface area contributed by atoms with Crippen LogP contribution in [0, 0.1) is 13.7 Å². The summed E-state index contributed by atoms with van der Waals surface area (Å²) in [7, 11) is 1.29. The number of Topliss-reactive ketones (excluding diaryl/α,β-unsaturated/α-hetero) is 1. The van der Waals surface area contributed by atoms with Crippen LogP contribution in [0.25, 0.3) is 0 Å². The maximum Gasteiger partial charge on any atom is 0.336 e. The molecule has 3 aromatic rings. The summed E-state index contributed by atoms with van der Waals surface area (Å²) >= 11 is 0. The predicted molar refractivity (Wildman–Crippen MR) is 133 cm³/mol. The third-order valence-electron chi connectivity index (χ3n) is 4.81. The molecule has 0 saturated carbocycles. The Morgan fingerprint density at radius 2 is 1.34 bits per heavy atom. The van der Waals surface area contributed by atoms with Crippen LogP contribution < -0.4 is 10.6 Å². The normalized spacial score (nSPS) is 16.2. The summed E-state index contributed by atoms with van der Waals surface area (Å²) in [4.78, 5) is 49.1. The Labute approximate surface area is 219 Å². The number of rotatable bonds is 8. The van der Waals surface area contributed by atoms with Crippen molar-refractivity contribution in [3.63, 3.8) is 0 Å². The third kappa shape index (κ3) is 5.55. The Morgan fingerprint density at radius 1 is 0.829 bits per heavy atom. The molecule has 0 aliphatic rings. The molecule has 3 rings (SSSR count). The number of carbonyl (C=O) groups is 4. The van der Waals surface area contributed by atoms with Gasteiger partial charge < -0.3 is 20.8 Å². The number of carboxylic acids is 2. The van der Waals surface area contributed by atoms with Crippen molar-refractivity contribution in [1.29, 1.82) is 0 Å². The lowest BCUT2D eigenvalue weighted by atomic mass is 9.95. The molecule has 0 spiro atoms. The van der Waals surface area contributed by atoms with E-state index in [1.807, 2.05) is 5.32 Å². The van der Waals surface area contributed by atoms with Gasteiger partial charge in [0.15, 0.2) is 5.78 Å². The highest BCUT2D eigenvalue weighted by Gasteiger charge is 2.24. The molecule has 8 heteroatoms. The lowest BCUT2D eigenvalue weighted by Crippen LogP contribution is -2.20. The summed E-state index contributed by atoms with van der Waals surface area (Å²) in [6.07, 6.45) is -0.792. The van der Waals surface area contributed by atoms with E-state index >= 15 is 0 Å². The molecule has 0 bridgehead atoms. The lowest BCUT2D eigenvalue weighted by Gasteiger charge is -2.14. The molecule has 0 heterocycles. The van der Waals surface area contributed by atoms with Crippen molar-refractivity contribution >= 4 is 35.0 Å².